The van der Waals surface area contributed by atoms with E-state index in [0.29, 0.717) is 0 Å². The van der Waals surface area contributed by atoms with Crippen LogP contribution < -0.4 is 0 Å². The van der Waals surface area contributed by atoms with Gasteiger partial charge in [-0.25, -0.2) is 0 Å². The maximum Gasteiger partial charge on any atom is 0.0758 e. The van der Waals surface area contributed by atoms with Crippen molar-refractivity contribution >= 4 is 15.9 Å². The molecule has 0 aliphatic heterocycles. The average molecular weight is 263 g/mol. The molecule has 0 spiro atoms. The molecule has 15 heavy (non-hydrogen) atoms. The van der Waals surface area contributed by atoms with Gasteiger partial charge in [0.1, 0.15) is 0 Å². The summed E-state index contributed by atoms with van der Waals surface area (Å²) in [7, 11) is 0. The lowest BCUT2D eigenvalue weighted by Crippen LogP contribution is -1.92. The molecular weight excluding hydrogens is 248 g/mol. The van der Waals surface area contributed by atoms with E-state index in [4.69, 9.17) is 0 Å². The van der Waals surface area contributed by atoms with Gasteiger partial charge in [0.15, 0.2) is 0 Å². The molecule has 1 atom stereocenters. The van der Waals surface area contributed by atoms with Crippen LogP contribution in [-0.4, -0.2) is 4.83 Å². The summed E-state index contributed by atoms with van der Waals surface area (Å²) in [5.41, 5.74) is 1.07. The minimum Gasteiger partial charge on any atom is -0.103 e. The maximum absolute atomic E-state index is 3.70. The standard InChI is InChI=1S/C14H15Br/c1-2-3-5-10-14(15)12-11-13-8-6-4-7-9-13/h2,4,6-9,14H,1,3,5,10H2. The summed E-state index contributed by atoms with van der Waals surface area (Å²) in [6.07, 6.45) is 5.23. The number of benzene rings is 1. The molecule has 0 radical (unpaired) electrons. The lowest BCUT2D eigenvalue weighted by Gasteiger charge is -1.98. The largest absolute Gasteiger partial charge is 0.103 e. The van der Waals surface area contributed by atoms with Crippen molar-refractivity contribution in [1.29, 1.82) is 0 Å². The van der Waals surface area contributed by atoms with E-state index in [2.05, 4.69) is 34.3 Å². The Hall–Kier alpha value is -1.00. The van der Waals surface area contributed by atoms with Gasteiger partial charge in [0.25, 0.3) is 0 Å². The molecule has 0 fully saturated rings. The van der Waals surface area contributed by atoms with Gasteiger partial charge in [-0.05, 0) is 31.4 Å². The highest BCUT2D eigenvalue weighted by atomic mass is 79.9. The Morgan fingerprint density at radius 2 is 2.07 bits per heavy atom. The van der Waals surface area contributed by atoms with Gasteiger partial charge in [0, 0.05) is 5.56 Å². The first-order chi connectivity index (χ1) is 7.33. The van der Waals surface area contributed by atoms with Crippen LogP contribution in [0.25, 0.3) is 0 Å². The van der Waals surface area contributed by atoms with Gasteiger partial charge >= 0.3 is 0 Å². The van der Waals surface area contributed by atoms with Crippen molar-refractivity contribution in [2.75, 3.05) is 0 Å². The fourth-order valence-corrected chi connectivity index (χ4v) is 1.63. The number of rotatable bonds is 4. The van der Waals surface area contributed by atoms with E-state index in [1.165, 1.54) is 0 Å². The second-order valence-electron chi connectivity index (χ2n) is 3.32. The molecule has 1 unspecified atom stereocenters. The van der Waals surface area contributed by atoms with E-state index in [1.54, 1.807) is 0 Å². The van der Waals surface area contributed by atoms with Crippen LogP contribution in [0.5, 0.6) is 0 Å². The molecule has 0 saturated heterocycles. The van der Waals surface area contributed by atoms with Gasteiger partial charge in [0.2, 0.25) is 0 Å². The van der Waals surface area contributed by atoms with Crippen molar-refractivity contribution in [3.63, 3.8) is 0 Å². The smallest absolute Gasteiger partial charge is 0.0758 e. The predicted octanol–water partition coefficient (Wildman–Crippen LogP) is 4.16. The third-order valence-electron chi connectivity index (χ3n) is 2.01. The van der Waals surface area contributed by atoms with Crippen LogP contribution in [-0.2, 0) is 0 Å². The Morgan fingerprint density at radius 3 is 2.73 bits per heavy atom. The molecule has 0 aliphatic rings. The zero-order chi connectivity index (χ0) is 10.9. The van der Waals surface area contributed by atoms with Crippen molar-refractivity contribution < 1.29 is 0 Å². The van der Waals surface area contributed by atoms with Gasteiger partial charge in [-0.15, -0.1) is 6.58 Å². The van der Waals surface area contributed by atoms with Crippen LogP contribution in [0.2, 0.25) is 0 Å². The van der Waals surface area contributed by atoms with Crippen molar-refractivity contribution in [2.24, 2.45) is 0 Å². The van der Waals surface area contributed by atoms with Gasteiger partial charge < -0.3 is 0 Å². The summed E-state index contributed by atoms with van der Waals surface area (Å²) < 4.78 is 0. The zero-order valence-corrected chi connectivity index (χ0v) is 10.3. The third kappa shape index (κ3) is 5.44. The van der Waals surface area contributed by atoms with Crippen molar-refractivity contribution in [1.82, 2.24) is 0 Å². The molecule has 1 aromatic carbocycles. The monoisotopic (exact) mass is 262 g/mol. The van der Waals surface area contributed by atoms with Gasteiger partial charge in [-0.2, -0.15) is 0 Å². The molecule has 1 heteroatoms. The number of hydrogen-bond donors (Lipinski definition) is 0. The zero-order valence-electron chi connectivity index (χ0n) is 8.75. The van der Waals surface area contributed by atoms with Crippen molar-refractivity contribution in [2.45, 2.75) is 24.1 Å². The highest BCUT2D eigenvalue weighted by Gasteiger charge is 1.97. The predicted molar refractivity (Wildman–Crippen MR) is 70.1 cm³/mol. The first-order valence-corrected chi connectivity index (χ1v) is 6.06. The van der Waals surface area contributed by atoms with E-state index in [1.807, 2.05) is 36.4 Å². The summed E-state index contributed by atoms with van der Waals surface area (Å²) in [4.78, 5) is 0.289. The lowest BCUT2D eigenvalue weighted by atomic mass is 10.2. The van der Waals surface area contributed by atoms with E-state index in [0.717, 1.165) is 24.8 Å². The molecule has 0 aromatic heterocycles. The van der Waals surface area contributed by atoms with E-state index in [-0.39, 0.29) is 4.83 Å². The van der Waals surface area contributed by atoms with Crippen LogP contribution in [0.15, 0.2) is 43.0 Å². The highest BCUT2D eigenvalue weighted by Crippen LogP contribution is 2.09. The van der Waals surface area contributed by atoms with E-state index >= 15 is 0 Å². The fraction of sp³-hybridized carbons (Fsp3) is 0.286. The minimum atomic E-state index is 0.289. The summed E-state index contributed by atoms with van der Waals surface area (Å²) >= 11 is 3.56. The molecule has 1 rings (SSSR count). The Balaban J connectivity index is 2.40. The minimum absolute atomic E-state index is 0.289. The first kappa shape index (κ1) is 12.1. The number of allylic oxidation sites excluding steroid dienone is 1. The first-order valence-electron chi connectivity index (χ1n) is 5.14. The number of alkyl halides is 1. The van der Waals surface area contributed by atoms with Crippen molar-refractivity contribution in [3.05, 3.63) is 48.6 Å². The van der Waals surface area contributed by atoms with Crippen LogP contribution in [0.4, 0.5) is 0 Å². The number of unbranched alkanes of at least 4 members (excludes halogenated alkanes) is 1. The average Bonchev–Trinajstić information content (AvgIpc) is 2.28. The summed E-state index contributed by atoms with van der Waals surface area (Å²) in [6.45, 7) is 3.70. The number of hydrogen-bond acceptors (Lipinski definition) is 0. The Bertz CT molecular complexity index is 343. The second-order valence-corrected chi connectivity index (χ2v) is 4.43. The Kier molecular flexibility index (Phi) is 5.88. The molecular formula is C14H15Br. The SMILES string of the molecule is C=CCCCC(Br)C#Cc1ccccc1. The molecule has 0 amide bonds. The van der Waals surface area contributed by atoms with Gasteiger partial charge in [-0.3, -0.25) is 0 Å². The Morgan fingerprint density at radius 1 is 1.33 bits per heavy atom. The molecule has 1 aromatic rings. The van der Waals surface area contributed by atoms with Crippen LogP contribution in [0.1, 0.15) is 24.8 Å². The van der Waals surface area contributed by atoms with Gasteiger partial charge in [0.05, 0.1) is 4.83 Å². The lowest BCUT2D eigenvalue weighted by molar-refractivity contribution is 0.788. The van der Waals surface area contributed by atoms with Crippen LogP contribution >= 0.6 is 15.9 Å². The summed E-state index contributed by atoms with van der Waals surface area (Å²) in [5, 5.41) is 0. The quantitative estimate of drug-likeness (QED) is 0.331. The molecule has 0 nitrogen and oxygen atoms in total. The van der Waals surface area contributed by atoms with E-state index in [9.17, 15) is 0 Å². The summed E-state index contributed by atoms with van der Waals surface area (Å²) in [5.74, 6) is 6.34. The third-order valence-corrected chi connectivity index (χ3v) is 2.70. The normalized spacial score (nSPS) is 11.3. The summed E-state index contributed by atoms with van der Waals surface area (Å²) in [6, 6.07) is 10.1. The fourth-order valence-electron chi connectivity index (χ4n) is 1.20. The Labute approximate surface area is 101 Å². The van der Waals surface area contributed by atoms with Crippen LogP contribution in [0.3, 0.4) is 0 Å². The molecule has 0 heterocycles. The topological polar surface area (TPSA) is 0 Å². The van der Waals surface area contributed by atoms with E-state index < -0.39 is 0 Å². The second kappa shape index (κ2) is 7.31. The molecule has 78 valence electrons. The molecule has 0 aliphatic carbocycles. The molecule has 0 saturated carbocycles. The maximum atomic E-state index is 3.70. The van der Waals surface area contributed by atoms with Crippen LogP contribution in [0, 0.1) is 11.8 Å². The van der Waals surface area contributed by atoms with Crippen molar-refractivity contribution in [3.8, 4) is 11.8 Å². The number of halogens is 1. The molecule has 0 N–H and O–H groups in total. The highest BCUT2D eigenvalue weighted by molar-refractivity contribution is 9.09. The molecule has 0 bridgehead atoms. The van der Waals surface area contributed by atoms with Gasteiger partial charge in [-0.1, -0.05) is 52.0 Å².